The number of fused-ring (bicyclic) bond motifs is 6. The van der Waals surface area contributed by atoms with E-state index in [-0.39, 0.29) is 0 Å². The quantitative estimate of drug-likeness (QED) is 0.162. The molecule has 0 aliphatic heterocycles. The zero-order valence-electron chi connectivity index (χ0n) is 30.7. The molecule has 0 spiro atoms. The second-order valence-electron chi connectivity index (χ2n) is 14.6. The van der Waals surface area contributed by atoms with Crippen LogP contribution in [0.15, 0.2) is 218 Å². The Morgan fingerprint density at radius 1 is 0.196 bits per heavy atom. The molecule has 0 aliphatic rings. The number of nitrogens with zero attached hydrogens (tertiary/aromatic N) is 2. The van der Waals surface area contributed by atoms with E-state index in [1.54, 1.807) is 0 Å². The van der Waals surface area contributed by atoms with Gasteiger partial charge in [0.15, 0.2) is 0 Å². The Bertz CT molecular complexity index is 3020. The largest absolute Gasteiger partial charge is 0.309 e. The molecular formula is C54H36N2. The highest BCUT2D eigenvalue weighted by Gasteiger charge is 2.19. The SMILES string of the molecule is c1ccc(-c2cccc(-c3cccc(-n4c5ccccc5c5cc6c7ccccc7n(-c7cccc(-c8cccc(-c9ccccc9)c8)c7)c6cc54)c3)c2)cc1. The van der Waals surface area contributed by atoms with E-state index in [2.05, 4.69) is 228 Å². The van der Waals surface area contributed by atoms with E-state index in [1.807, 2.05) is 0 Å². The highest BCUT2D eigenvalue weighted by atomic mass is 15.0. The summed E-state index contributed by atoms with van der Waals surface area (Å²) in [5.41, 5.74) is 16.7. The molecule has 262 valence electrons. The van der Waals surface area contributed by atoms with E-state index in [0.717, 1.165) is 11.4 Å². The van der Waals surface area contributed by atoms with Crippen LogP contribution in [0, 0.1) is 0 Å². The average Bonchev–Trinajstić information content (AvgIpc) is 3.78. The van der Waals surface area contributed by atoms with Gasteiger partial charge in [0.25, 0.3) is 0 Å². The Hall–Kier alpha value is -7.42. The van der Waals surface area contributed by atoms with Gasteiger partial charge in [-0.1, -0.05) is 158 Å². The monoisotopic (exact) mass is 712 g/mol. The molecule has 0 saturated heterocycles. The molecule has 2 aromatic heterocycles. The van der Waals surface area contributed by atoms with Crippen LogP contribution in [0.4, 0.5) is 0 Å². The highest BCUT2D eigenvalue weighted by molar-refractivity contribution is 6.19. The van der Waals surface area contributed by atoms with Crippen molar-refractivity contribution in [3.05, 3.63) is 218 Å². The predicted octanol–water partition coefficient (Wildman–Crippen LogP) is 14.5. The molecule has 11 aromatic rings. The van der Waals surface area contributed by atoms with E-state index in [1.165, 1.54) is 88.1 Å². The van der Waals surface area contributed by atoms with Gasteiger partial charge in [0.1, 0.15) is 0 Å². The first-order valence-corrected chi connectivity index (χ1v) is 19.3. The molecule has 2 heterocycles. The molecule has 0 fully saturated rings. The Kier molecular flexibility index (Phi) is 7.53. The maximum Gasteiger partial charge on any atom is 0.0562 e. The maximum atomic E-state index is 2.45. The first-order chi connectivity index (χ1) is 27.8. The summed E-state index contributed by atoms with van der Waals surface area (Å²) in [5.74, 6) is 0. The lowest BCUT2D eigenvalue weighted by molar-refractivity contribution is 1.16. The van der Waals surface area contributed by atoms with Crippen molar-refractivity contribution >= 4 is 43.6 Å². The third-order valence-electron chi connectivity index (χ3n) is 11.3. The number of aromatic nitrogens is 2. The van der Waals surface area contributed by atoms with Gasteiger partial charge in [-0.3, -0.25) is 0 Å². The number of hydrogen-bond donors (Lipinski definition) is 0. The molecule has 0 bridgehead atoms. The van der Waals surface area contributed by atoms with Crippen LogP contribution in [0.2, 0.25) is 0 Å². The van der Waals surface area contributed by atoms with Crippen LogP contribution < -0.4 is 0 Å². The number of rotatable bonds is 6. The number of para-hydroxylation sites is 2. The lowest BCUT2D eigenvalue weighted by Gasteiger charge is -2.13. The lowest BCUT2D eigenvalue weighted by atomic mass is 9.99. The smallest absolute Gasteiger partial charge is 0.0562 e. The number of benzene rings is 9. The first-order valence-electron chi connectivity index (χ1n) is 19.3. The molecule has 0 saturated carbocycles. The van der Waals surface area contributed by atoms with Crippen molar-refractivity contribution in [2.75, 3.05) is 0 Å². The van der Waals surface area contributed by atoms with Gasteiger partial charge in [0, 0.05) is 32.9 Å². The zero-order valence-corrected chi connectivity index (χ0v) is 30.7. The van der Waals surface area contributed by atoms with Crippen molar-refractivity contribution in [3.63, 3.8) is 0 Å². The van der Waals surface area contributed by atoms with Gasteiger partial charge in [0.2, 0.25) is 0 Å². The summed E-state index contributed by atoms with van der Waals surface area (Å²) in [6.45, 7) is 0. The maximum absolute atomic E-state index is 2.45. The summed E-state index contributed by atoms with van der Waals surface area (Å²) >= 11 is 0. The van der Waals surface area contributed by atoms with Gasteiger partial charge < -0.3 is 9.13 Å². The summed E-state index contributed by atoms with van der Waals surface area (Å²) < 4.78 is 4.89. The number of hydrogen-bond acceptors (Lipinski definition) is 0. The Balaban J connectivity index is 1.10. The summed E-state index contributed by atoms with van der Waals surface area (Å²) in [7, 11) is 0. The third kappa shape index (κ3) is 5.34. The molecule has 56 heavy (non-hydrogen) atoms. The standard InChI is InChI=1S/C54H36N2/c1-3-15-37(16-4-1)39-19-11-21-41(31-39)43-23-13-25-45(33-43)55-51-29-9-7-27-47(51)49-35-50-48-28-8-10-30-52(48)56(54(50)36-53(49)55)46-26-14-24-44(34-46)42-22-12-20-40(32-42)38-17-5-2-6-18-38/h1-36H. The summed E-state index contributed by atoms with van der Waals surface area (Å²) in [5, 5.41) is 4.99. The second-order valence-corrected chi connectivity index (χ2v) is 14.6. The first kappa shape index (κ1) is 32.0. The van der Waals surface area contributed by atoms with Crippen LogP contribution in [0.5, 0.6) is 0 Å². The normalized spacial score (nSPS) is 11.6. The van der Waals surface area contributed by atoms with Crippen LogP contribution >= 0.6 is 0 Å². The van der Waals surface area contributed by atoms with E-state index in [4.69, 9.17) is 0 Å². The fraction of sp³-hybridized carbons (Fsp3) is 0. The van der Waals surface area contributed by atoms with Crippen molar-refractivity contribution in [1.82, 2.24) is 9.13 Å². The van der Waals surface area contributed by atoms with Crippen LogP contribution in [0.25, 0.3) is 99.5 Å². The molecule has 11 rings (SSSR count). The molecule has 0 atom stereocenters. The highest BCUT2D eigenvalue weighted by Crippen LogP contribution is 2.41. The molecule has 0 N–H and O–H groups in total. The van der Waals surface area contributed by atoms with Crippen molar-refractivity contribution < 1.29 is 0 Å². The fourth-order valence-corrected chi connectivity index (χ4v) is 8.65. The molecule has 0 amide bonds. The van der Waals surface area contributed by atoms with Crippen LogP contribution in [0.3, 0.4) is 0 Å². The third-order valence-corrected chi connectivity index (χ3v) is 11.3. The molecule has 0 unspecified atom stereocenters. The average molecular weight is 713 g/mol. The Morgan fingerprint density at radius 2 is 0.536 bits per heavy atom. The molecule has 0 radical (unpaired) electrons. The Morgan fingerprint density at radius 3 is 0.982 bits per heavy atom. The van der Waals surface area contributed by atoms with E-state index in [9.17, 15) is 0 Å². The van der Waals surface area contributed by atoms with Crippen molar-refractivity contribution in [1.29, 1.82) is 0 Å². The molecule has 0 aliphatic carbocycles. The van der Waals surface area contributed by atoms with Gasteiger partial charge in [-0.25, -0.2) is 0 Å². The second kappa shape index (κ2) is 13.2. The van der Waals surface area contributed by atoms with Gasteiger partial charge in [-0.05, 0) is 105 Å². The van der Waals surface area contributed by atoms with Gasteiger partial charge in [0.05, 0.1) is 22.1 Å². The molecule has 2 heteroatoms. The van der Waals surface area contributed by atoms with Crippen molar-refractivity contribution in [2.24, 2.45) is 0 Å². The van der Waals surface area contributed by atoms with E-state index in [0.29, 0.717) is 0 Å². The topological polar surface area (TPSA) is 9.86 Å². The van der Waals surface area contributed by atoms with Crippen LogP contribution in [0.1, 0.15) is 0 Å². The predicted molar refractivity (Wildman–Crippen MR) is 237 cm³/mol. The van der Waals surface area contributed by atoms with E-state index < -0.39 is 0 Å². The summed E-state index contributed by atoms with van der Waals surface area (Å²) in [4.78, 5) is 0. The summed E-state index contributed by atoms with van der Waals surface area (Å²) in [6.07, 6.45) is 0. The van der Waals surface area contributed by atoms with Crippen LogP contribution in [-0.2, 0) is 0 Å². The van der Waals surface area contributed by atoms with Crippen LogP contribution in [-0.4, -0.2) is 9.13 Å². The molecule has 2 nitrogen and oxygen atoms in total. The molecule has 9 aromatic carbocycles. The fourth-order valence-electron chi connectivity index (χ4n) is 8.65. The minimum atomic E-state index is 1.14. The van der Waals surface area contributed by atoms with Gasteiger partial charge >= 0.3 is 0 Å². The minimum absolute atomic E-state index is 1.14. The van der Waals surface area contributed by atoms with Gasteiger partial charge in [-0.15, -0.1) is 0 Å². The minimum Gasteiger partial charge on any atom is -0.309 e. The molecular weight excluding hydrogens is 677 g/mol. The van der Waals surface area contributed by atoms with Crippen molar-refractivity contribution in [3.8, 4) is 55.9 Å². The zero-order chi connectivity index (χ0) is 37.0. The van der Waals surface area contributed by atoms with E-state index >= 15 is 0 Å². The summed E-state index contributed by atoms with van der Waals surface area (Å²) in [6, 6.07) is 79.4. The van der Waals surface area contributed by atoms with Gasteiger partial charge in [-0.2, -0.15) is 0 Å². The Labute approximate surface area is 325 Å². The van der Waals surface area contributed by atoms with Crippen molar-refractivity contribution in [2.45, 2.75) is 0 Å². The lowest BCUT2D eigenvalue weighted by Crippen LogP contribution is -1.96.